The molecule has 1 heterocycles. The smallest absolute Gasteiger partial charge is 0.301 e. The topological polar surface area (TPSA) is 39.1 Å². The Bertz CT molecular complexity index is 498. The number of rotatable bonds is 2. The summed E-state index contributed by atoms with van der Waals surface area (Å²) in [5.74, 6) is 0. The van der Waals surface area contributed by atoms with Crippen molar-refractivity contribution in [3.8, 4) is 0 Å². The predicted molar refractivity (Wildman–Crippen MR) is 52.1 cm³/mol. The number of aromatic nitrogens is 1. The summed E-state index contributed by atoms with van der Waals surface area (Å²) in [6.45, 7) is 0.142. The van der Waals surface area contributed by atoms with Crippen molar-refractivity contribution in [2.75, 3.05) is 0 Å². The first-order valence-corrected chi connectivity index (χ1v) is 4.66. The van der Waals surface area contributed by atoms with Crippen molar-refractivity contribution in [1.29, 1.82) is 0 Å². The average Bonchev–Trinajstić information content (AvgIpc) is 2.44. The fourth-order valence-electron chi connectivity index (χ4n) is 1.26. The minimum absolute atomic E-state index is 0.0756. The minimum Gasteiger partial charge on any atom is -0.301 e. The average molecular weight is 193 g/mol. The molecule has 2 rings (SSSR count). The SMILES string of the molecule is O=CCn1c(=O)sc2ccccc21. The van der Waals surface area contributed by atoms with Gasteiger partial charge in [0.2, 0.25) is 0 Å². The molecule has 0 fully saturated rings. The predicted octanol–water partition coefficient (Wildman–Crippen LogP) is 1.26. The Morgan fingerprint density at radius 1 is 1.38 bits per heavy atom. The third kappa shape index (κ3) is 1.29. The van der Waals surface area contributed by atoms with Crippen LogP contribution in [0.5, 0.6) is 0 Å². The standard InChI is InChI=1S/C9H7NO2S/c11-6-5-10-7-3-1-2-4-8(7)13-9(10)12/h1-4,6H,5H2. The van der Waals surface area contributed by atoms with E-state index in [9.17, 15) is 9.59 Å². The van der Waals surface area contributed by atoms with E-state index in [0.717, 1.165) is 16.5 Å². The summed E-state index contributed by atoms with van der Waals surface area (Å²) < 4.78 is 2.40. The van der Waals surface area contributed by atoms with Gasteiger partial charge in [-0.15, -0.1) is 0 Å². The molecule has 2 aromatic rings. The van der Waals surface area contributed by atoms with Crippen LogP contribution < -0.4 is 4.87 Å². The number of para-hydroxylation sites is 1. The second kappa shape index (κ2) is 3.14. The zero-order valence-electron chi connectivity index (χ0n) is 6.77. The molecule has 66 valence electrons. The van der Waals surface area contributed by atoms with Crippen molar-refractivity contribution in [3.63, 3.8) is 0 Å². The highest BCUT2D eigenvalue weighted by Gasteiger charge is 2.04. The zero-order chi connectivity index (χ0) is 9.26. The molecule has 0 saturated carbocycles. The first-order chi connectivity index (χ1) is 6.33. The lowest BCUT2D eigenvalue weighted by molar-refractivity contribution is -0.108. The molecular formula is C9H7NO2S. The van der Waals surface area contributed by atoms with Crippen molar-refractivity contribution in [2.24, 2.45) is 0 Å². The highest BCUT2D eigenvalue weighted by atomic mass is 32.1. The number of nitrogens with zero attached hydrogens (tertiary/aromatic N) is 1. The highest BCUT2D eigenvalue weighted by Crippen LogP contribution is 2.15. The summed E-state index contributed by atoms with van der Waals surface area (Å²) in [5, 5.41) is 0. The van der Waals surface area contributed by atoms with Gasteiger partial charge in [0.05, 0.1) is 16.8 Å². The van der Waals surface area contributed by atoms with Crippen LogP contribution in [0.4, 0.5) is 0 Å². The molecule has 0 amide bonds. The monoisotopic (exact) mass is 193 g/mol. The molecule has 0 unspecified atom stereocenters. The molecule has 0 radical (unpaired) electrons. The van der Waals surface area contributed by atoms with E-state index < -0.39 is 0 Å². The molecule has 0 spiro atoms. The molecule has 0 N–H and O–H groups in total. The van der Waals surface area contributed by atoms with E-state index in [4.69, 9.17) is 0 Å². The summed E-state index contributed by atoms with van der Waals surface area (Å²) in [7, 11) is 0. The summed E-state index contributed by atoms with van der Waals surface area (Å²) in [6.07, 6.45) is 0.737. The number of benzene rings is 1. The largest absolute Gasteiger partial charge is 0.308 e. The van der Waals surface area contributed by atoms with Crippen molar-refractivity contribution in [1.82, 2.24) is 4.57 Å². The zero-order valence-corrected chi connectivity index (χ0v) is 7.58. The van der Waals surface area contributed by atoms with Gasteiger partial charge in [-0.25, -0.2) is 0 Å². The lowest BCUT2D eigenvalue weighted by atomic mass is 10.3. The molecule has 0 bridgehead atoms. The maximum absolute atomic E-state index is 11.4. The number of carbonyl (C=O) groups excluding carboxylic acids is 1. The van der Waals surface area contributed by atoms with Crippen LogP contribution in [0.25, 0.3) is 10.2 Å². The molecule has 0 atom stereocenters. The number of hydrogen-bond donors (Lipinski definition) is 0. The molecule has 13 heavy (non-hydrogen) atoms. The van der Waals surface area contributed by atoms with Gasteiger partial charge in [-0.2, -0.15) is 0 Å². The van der Waals surface area contributed by atoms with Gasteiger partial charge in [0.25, 0.3) is 0 Å². The van der Waals surface area contributed by atoms with Gasteiger partial charge in [-0.1, -0.05) is 23.5 Å². The van der Waals surface area contributed by atoms with Gasteiger partial charge in [0, 0.05) is 0 Å². The Hall–Kier alpha value is -1.42. The lowest BCUT2D eigenvalue weighted by Gasteiger charge is -1.95. The first-order valence-electron chi connectivity index (χ1n) is 3.85. The second-order valence-electron chi connectivity index (χ2n) is 2.61. The lowest BCUT2D eigenvalue weighted by Crippen LogP contribution is -2.13. The van der Waals surface area contributed by atoms with E-state index in [1.165, 1.54) is 15.9 Å². The molecule has 0 aliphatic rings. The van der Waals surface area contributed by atoms with Gasteiger partial charge >= 0.3 is 4.87 Å². The van der Waals surface area contributed by atoms with Crippen LogP contribution in [0.3, 0.4) is 0 Å². The fourth-order valence-corrected chi connectivity index (χ4v) is 2.16. The van der Waals surface area contributed by atoms with Crippen LogP contribution in [0, 0.1) is 0 Å². The molecule has 1 aromatic heterocycles. The normalized spacial score (nSPS) is 10.5. The molecule has 3 nitrogen and oxygen atoms in total. The third-order valence-electron chi connectivity index (χ3n) is 1.83. The van der Waals surface area contributed by atoms with Gasteiger partial charge in [-0.05, 0) is 12.1 Å². The van der Waals surface area contributed by atoms with E-state index in [1.807, 2.05) is 24.3 Å². The molecular weight excluding hydrogens is 186 g/mol. The summed E-state index contributed by atoms with van der Waals surface area (Å²) in [5.41, 5.74) is 0.838. The van der Waals surface area contributed by atoms with Crippen LogP contribution in [0.15, 0.2) is 29.1 Å². The van der Waals surface area contributed by atoms with Crippen LogP contribution in [-0.4, -0.2) is 10.9 Å². The number of thiazole rings is 1. The van der Waals surface area contributed by atoms with E-state index in [-0.39, 0.29) is 11.4 Å². The van der Waals surface area contributed by atoms with E-state index >= 15 is 0 Å². The quantitative estimate of drug-likeness (QED) is 0.673. The maximum atomic E-state index is 11.4. The Kier molecular flexibility index (Phi) is 1.98. The van der Waals surface area contributed by atoms with Gasteiger partial charge in [0.15, 0.2) is 0 Å². The number of aldehydes is 1. The third-order valence-corrected chi connectivity index (χ3v) is 2.79. The van der Waals surface area contributed by atoms with Gasteiger partial charge < -0.3 is 4.79 Å². The Balaban J connectivity index is 2.78. The van der Waals surface area contributed by atoms with Crippen LogP contribution >= 0.6 is 11.3 Å². The minimum atomic E-state index is -0.0756. The van der Waals surface area contributed by atoms with Crippen LogP contribution in [0.2, 0.25) is 0 Å². The molecule has 0 aliphatic carbocycles. The number of carbonyl (C=O) groups is 1. The van der Waals surface area contributed by atoms with Crippen molar-refractivity contribution < 1.29 is 4.79 Å². The maximum Gasteiger partial charge on any atom is 0.308 e. The van der Waals surface area contributed by atoms with Gasteiger partial charge in [-0.3, -0.25) is 9.36 Å². The van der Waals surface area contributed by atoms with E-state index in [1.54, 1.807) is 0 Å². The molecule has 4 heteroatoms. The first kappa shape index (κ1) is 8.19. The van der Waals surface area contributed by atoms with Gasteiger partial charge in [0.1, 0.15) is 6.29 Å². The molecule has 0 saturated heterocycles. The van der Waals surface area contributed by atoms with Crippen molar-refractivity contribution in [3.05, 3.63) is 33.9 Å². The number of fused-ring (bicyclic) bond motifs is 1. The van der Waals surface area contributed by atoms with Crippen LogP contribution in [-0.2, 0) is 11.3 Å². The van der Waals surface area contributed by atoms with Crippen LogP contribution in [0.1, 0.15) is 0 Å². The fraction of sp³-hybridized carbons (Fsp3) is 0.111. The Labute approximate surface area is 78.2 Å². The second-order valence-corrected chi connectivity index (χ2v) is 3.61. The molecule has 1 aromatic carbocycles. The highest BCUT2D eigenvalue weighted by molar-refractivity contribution is 7.16. The van der Waals surface area contributed by atoms with E-state index in [2.05, 4.69) is 0 Å². The van der Waals surface area contributed by atoms with E-state index in [0.29, 0.717) is 0 Å². The molecule has 0 aliphatic heterocycles. The number of hydrogen-bond acceptors (Lipinski definition) is 3. The summed E-state index contributed by atoms with van der Waals surface area (Å²) in [4.78, 5) is 21.6. The van der Waals surface area contributed by atoms with Crippen molar-refractivity contribution in [2.45, 2.75) is 6.54 Å². The summed E-state index contributed by atoms with van der Waals surface area (Å²) in [6, 6.07) is 7.46. The van der Waals surface area contributed by atoms with Crippen molar-refractivity contribution >= 4 is 27.8 Å². The summed E-state index contributed by atoms with van der Waals surface area (Å²) >= 11 is 1.17. The Morgan fingerprint density at radius 2 is 2.15 bits per heavy atom. The Morgan fingerprint density at radius 3 is 2.92 bits per heavy atom.